The molecule has 0 radical (unpaired) electrons. The fraction of sp³-hybridized carbons (Fsp3) is 0.222. The number of amides is 1. The number of hydrogen-bond donors (Lipinski definition) is 0. The van der Waals surface area contributed by atoms with E-state index in [9.17, 15) is 13.6 Å². The molecule has 0 spiro atoms. The topological polar surface area (TPSA) is 67.7 Å². The first-order valence-corrected chi connectivity index (χ1v) is 9.13. The van der Waals surface area contributed by atoms with E-state index in [1.165, 1.54) is 42.9 Å². The van der Waals surface area contributed by atoms with Crippen molar-refractivity contribution in [1.82, 2.24) is 14.9 Å². The number of fused-ring (bicyclic) bond motifs is 1. The van der Waals surface area contributed by atoms with Crippen LogP contribution in [-0.2, 0) is 11.4 Å². The molecule has 2 heterocycles. The van der Waals surface area contributed by atoms with Gasteiger partial charge in [-0.2, -0.15) is 0 Å². The summed E-state index contributed by atoms with van der Waals surface area (Å²) in [5.74, 6) is -1.30. The van der Waals surface area contributed by atoms with Gasteiger partial charge < -0.3 is 9.64 Å². The maximum absolute atomic E-state index is 13.8. The van der Waals surface area contributed by atoms with Crippen molar-refractivity contribution < 1.29 is 18.3 Å². The smallest absolute Gasteiger partial charge is 0.234 e. The summed E-state index contributed by atoms with van der Waals surface area (Å²) < 4.78 is 32.3. The van der Waals surface area contributed by atoms with Gasteiger partial charge in [-0.25, -0.2) is 23.7 Å². The van der Waals surface area contributed by atoms with E-state index in [4.69, 9.17) is 16.3 Å². The van der Waals surface area contributed by atoms with Gasteiger partial charge in [0.05, 0.1) is 11.4 Å². The fourth-order valence-electron chi connectivity index (χ4n) is 1.95. The van der Waals surface area contributed by atoms with Gasteiger partial charge in [0.2, 0.25) is 6.41 Å². The molecule has 1 amide bonds. The molecule has 0 bridgehead atoms. The lowest BCUT2D eigenvalue weighted by atomic mass is 10.2. The summed E-state index contributed by atoms with van der Waals surface area (Å²) in [6, 6.07) is 4.14. The molecule has 0 saturated carbocycles. The molecule has 0 aliphatic heterocycles. The number of benzene rings is 1. The van der Waals surface area contributed by atoms with Crippen molar-refractivity contribution in [2.45, 2.75) is 13.5 Å². The van der Waals surface area contributed by atoms with Gasteiger partial charge in [-0.1, -0.05) is 22.9 Å². The normalized spacial score (nSPS) is 10.6. The number of halogens is 3. The predicted octanol–water partition coefficient (Wildman–Crippen LogP) is 4.24. The van der Waals surface area contributed by atoms with Gasteiger partial charge in [0.15, 0.2) is 11.6 Å². The van der Waals surface area contributed by atoms with Crippen LogP contribution in [-0.4, -0.2) is 41.7 Å². The summed E-state index contributed by atoms with van der Waals surface area (Å²) in [4.78, 5) is 23.6. The SMILES string of the molecule is CN(C)C=NC=O.Cc1c(F)ccc(OCc2nc3cc(Cl)cnc3s2)c1F. The quantitative estimate of drug-likeness (QED) is 0.347. The molecule has 148 valence electrons. The van der Waals surface area contributed by atoms with E-state index < -0.39 is 11.6 Å². The fourth-order valence-corrected chi connectivity index (χ4v) is 2.91. The van der Waals surface area contributed by atoms with Crippen molar-refractivity contribution in [1.29, 1.82) is 0 Å². The lowest BCUT2D eigenvalue weighted by molar-refractivity contribution is -0.106. The molecule has 6 nitrogen and oxygen atoms in total. The molecule has 0 N–H and O–H groups in total. The van der Waals surface area contributed by atoms with E-state index in [0.717, 1.165) is 4.83 Å². The van der Waals surface area contributed by atoms with Crippen molar-refractivity contribution in [3.8, 4) is 5.75 Å². The van der Waals surface area contributed by atoms with Gasteiger partial charge in [0.1, 0.15) is 27.8 Å². The molecule has 3 rings (SSSR count). The van der Waals surface area contributed by atoms with Crippen LogP contribution in [0.15, 0.2) is 29.4 Å². The Morgan fingerprint density at radius 1 is 1.36 bits per heavy atom. The second-order valence-electron chi connectivity index (χ2n) is 5.69. The molecule has 3 aromatic rings. The number of carbonyl (C=O) groups excluding carboxylic acids is 1. The number of hydrogen-bond acceptors (Lipinski definition) is 5. The number of aliphatic imine (C=N–C) groups is 1. The van der Waals surface area contributed by atoms with E-state index in [2.05, 4.69) is 15.0 Å². The van der Waals surface area contributed by atoms with Gasteiger partial charge in [-0.3, -0.25) is 4.79 Å². The minimum atomic E-state index is -0.697. The Labute approximate surface area is 169 Å². The molecule has 2 aromatic heterocycles. The van der Waals surface area contributed by atoms with Crippen molar-refractivity contribution in [3.05, 3.63) is 51.6 Å². The van der Waals surface area contributed by atoms with E-state index in [1.807, 2.05) is 0 Å². The highest BCUT2D eigenvalue weighted by atomic mass is 35.5. The maximum Gasteiger partial charge on any atom is 0.234 e. The molecule has 0 atom stereocenters. The number of aromatic nitrogens is 2. The Hall–Kier alpha value is -2.65. The van der Waals surface area contributed by atoms with Gasteiger partial charge in [0.25, 0.3) is 0 Å². The highest BCUT2D eigenvalue weighted by molar-refractivity contribution is 7.18. The van der Waals surface area contributed by atoms with E-state index in [-0.39, 0.29) is 17.9 Å². The number of pyridine rings is 1. The standard InChI is InChI=1S/C14H9ClF2N2OS.C4H8N2O/c1-7-9(16)2-3-11(13(7)17)20-6-12-19-10-4-8(15)5-18-14(10)21-12;1-6(2)3-5-4-7/h2-5H,6H2,1H3;3-4H,1-2H3. The van der Waals surface area contributed by atoms with Crippen LogP contribution in [0, 0.1) is 18.6 Å². The Bertz CT molecular complexity index is 995. The van der Waals surface area contributed by atoms with E-state index in [0.29, 0.717) is 22.0 Å². The third-order valence-electron chi connectivity index (χ3n) is 3.25. The average molecular weight is 427 g/mol. The third-order valence-corrected chi connectivity index (χ3v) is 4.41. The van der Waals surface area contributed by atoms with Crippen LogP contribution < -0.4 is 4.74 Å². The van der Waals surface area contributed by atoms with Crippen LogP contribution in [0.2, 0.25) is 5.02 Å². The van der Waals surface area contributed by atoms with Gasteiger partial charge in [-0.15, -0.1) is 0 Å². The average Bonchev–Trinajstić information content (AvgIpc) is 3.06. The largest absolute Gasteiger partial charge is 0.483 e. The van der Waals surface area contributed by atoms with E-state index in [1.54, 1.807) is 25.1 Å². The molecule has 0 aliphatic carbocycles. The summed E-state index contributed by atoms with van der Waals surface area (Å²) in [5, 5.41) is 1.14. The number of thiazole rings is 1. The summed E-state index contributed by atoms with van der Waals surface area (Å²) in [6.07, 6.45) is 3.47. The lowest BCUT2D eigenvalue weighted by Crippen LogP contribution is -2.07. The zero-order valence-corrected chi connectivity index (χ0v) is 16.9. The van der Waals surface area contributed by atoms with Crippen LogP contribution >= 0.6 is 22.9 Å². The second-order valence-corrected chi connectivity index (χ2v) is 7.19. The molecule has 0 fully saturated rings. The summed E-state index contributed by atoms with van der Waals surface area (Å²) in [6.45, 7) is 1.45. The minimum absolute atomic E-state index is 0.000789. The first-order chi connectivity index (χ1) is 13.3. The van der Waals surface area contributed by atoms with Gasteiger partial charge in [-0.05, 0) is 25.1 Å². The van der Waals surface area contributed by atoms with Crippen LogP contribution in [0.3, 0.4) is 0 Å². The lowest BCUT2D eigenvalue weighted by Gasteiger charge is -2.07. The molecule has 1 aromatic carbocycles. The Balaban J connectivity index is 0.000000345. The molecule has 0 unspecified atom stereocenters. The predicted molar refractivity (Wildman–Crippen MR) is 106 cm³/mol. The number of carbonyl (C=O) groups is 1. The van der Waals surface area contributed by atoms with Crippen molar-refractivity contribution in [2.75, 3.05) is 14.1 Å². The van der Waals surface area contributed by atoms with Crippen LogP contribution in [0.5, 0.6) is 5.75 Å². The molecule has 28 heavy (non-hydrogen) atoms. The highest BCUT2D eigenvalue weighted by Gasteiger charge is 2.12. The molecular weight excluding hydrogens is 410 g/mol. The first-order valence-electron chi connectivity index (χ1n) is 7.93. The zero-order valence-electron chi connectivity index (χ0n) is 15.3. The maximum atomic E-state index is 13.8. The van der Waals surface area contributed by atoms with Crippen molar-refractivity contribution in [3.63, 3.8) is 0 Å². The third kappa shape index (κ3) is 5.93. The summed E-state index contributed by atoms with van der Waals surface area (Å²) in [7, 11) is 3.60. The van der Waals surface area contributed by atoms with Crippen LogP contribution in [0.4, 0.5) is 8.78 Å². The minimum Gasteiger partial charge on any atom is -0.483 e. The molecular formula is C18H17ClF2N4O2S. The van der Waals surface area contributed by atoms with E-state index >= 15 is 0 Å². The Morgan fingerprint density at radius 3 is 2.75 bits per heavy atom. The number of ether oxygens (including phenoxy) is 1. The van der Waals surface area contributed by atoms with Crippen molar-refractivity contribution in [2.24, 2.45) is 4.99 Å². The zero-order chi connectivity index (χ0) is 20.7. The van der Waals surface area contributed by atoms with Gasteiger partial charge in [0, 0.05) is 25.9 Å². The molecule has 10 heteroatoms. The number of nitrogens with zero attached hydrogens (tertiary/aromatic N) is 4. The Kier molecular flexibility index (Phi) is 7.77. The second kappa shape index (κ2) is 10.0. The molecule has 0 saturated heterocycles. The number of rotatable bonds is 5. The first kappa shape index (κ1) is 21.6. The van der Waals surface area contributed by atoms with Crippen LogP contribution in [0.25, 0.3) is 10.3 Å². The summed E-state index contributed by atoms with van der Waals surface area (Å²) in [5.41, 5.74) is 0.604. The van der Waals surface area contributed by atoms with Crippen LogP contribution in [0.1, 0.15) is 10.6 Å². The Morgan fingerprint density at radius 2 is 2.11 bits per heavy atom. The monoisotopic (exact) mass is 426 g/mol. The highest BCUT2D eigenvalue weighted by Crippen LogP contribution is 2.26. The molecule has 0 aliphatic rings. The summed E-state index contributed by atoms with van der Waals surface area (Å²) >= 11 is 7.18. The van der Waals surface area contributed by atoms with Gasteiger partial charge >= 0.3 is 0 Å². The van der Waals surface area contributed by atoms with Crippen molar-refractivity contribution >= 4 is 46.0 Å².